The van der Waals surface area contributed by atoms with Crippen molar-refractivity contribution in [2.75, 3.05) is 10.5 Å². The summed E-state index contributed by atoms with van der Waals surface area (Å²) >= 11 is 6.02. The van der Waals surface area contributed by atoms with E-state index in [4.69, 9.17) is 17.3 Å². The first-order valence-corrected chi connectivity index (χ1v) is 7.81. The van der Waals surface area contributed by atoms with Crippen LogP contribution in [0.3, 0.4) is 0 Å². The summed E-state index contributed by atoms with van der Waals surface area (Å²) in [5, 5.41) is 0.151. The fourth-order valence-corrected chi connectivity index (χ4v) is 3.51. The van der Waals surface area contributed by atoms with Crippen molar-refractivity contribution >= 4 is 33.0 Å². The molecule has 106 valence electrons. The number of rotatable bonds is 3. The van der Waals surface area contributed by atoms with E-state index in [0.29, 0.717) is 11.4 Å². The number of benzene rings is 2. The van der Waals surface area contributed by atoms with Gasteiger partial charge in [0, 0.05) is 5.69 Å². The first kappa shape index (κ1) is 14.7. The van der Waals surface area contributed by atoms with Crippen molar-refractivity contribution in [3.8, 4) is 0 Å². The number of nitrogens with one attached hydrogen (secondary N) is 1. The van der Waals surface area contributed by atoms with Crippen LogP contribution in [0.4, 0.5) is 11.4 Å². The topological polar surface area (TPSA) is 72.2 Å². The Morgan fingerprint density at radius 2 is 1.75 bits per heavy atom. The van der Waals surface area contributed by atoms with E-state index in [0.717, 1.165) is 11.1 Å². The van der Waals surface area contributed by atoms with Gasteiger partial charge in [0.1, 0.15) is 4.90 Å². The molecule has 0 aromatic heterocycles. The van der Waals surface area contributed by atoms with Gasteiger partial charge >= 0.3 is 0 Å². The van der Waals surface area contributed by atoms with Gasteiger partial charge in [-0.25, -0.2) is 8.42 Å². The van der Waals surface area contributed by atoms with Crippen LogP contribution >= 0.6 is 11.6 Å². The van der Waals surface area contributed by atoms with Crippen LogP contribution < -0.4 is 10.5 Å². The SMILES string of the molecule is Cc1cc(Cl)c(S(=O)(=O)Nc2ccccc2C)cc1N. The van der Waals surface area contributed by atoms with Gasteiger partial charge in [0.25, 0.3) is 10.0 Å². The Morgan fingerprint density at radius 1 is 1.10 bits per heavy atom. The lowest BCUT2D eigenvalue weighted by atomic mass is 10.2. The number of hydrogen-bond donors (Lipinski definition) is 2. The maximum Gasteiger partial charge on any atom is 0.263 e. The number of sulfonamides is 1. The Balaban J connectivity index is 2.47. The zero-order valence-corrected chi connectivity index (χ0v) is 12.7. The van der Waals surface area contributed by atoms with Gasteiger partial charge in [-0.05, 0) is 43.2 Å². The minimum absolute atomic E-state index is 0.0227. The number of para-hydroxylation sites is 1. The van der Waals surface area contributed by atoms with Crippen molar-refractivity contribution < 1.29 is 8.42 Å². The third-order valence-electron chi connectivity index (χ3n) is 3.00. The van der Waals surface area contributed by atoms with Crippen molar-refractivity contribution in [2.45, 2.75) is 18.7 Å². The quantitative estimate of drug-likeness (QED) is 0.854. The maximum atomic E-state index is 12.4. The van der Waals surface area contributed by atoms with Gasteiger partial charge in [0.05, 0.1) is 10.7 Å². The average Bonchev–Trinajstić information content (AvgIpc) is 2.36. The van der Waals surface area contributed by atoms with Crippen LogP contribution in [0, 0.1) is 13.8 Å². The summed E-state index contributed by atoms with van der Waals surface area (Å²) < 4.78 is 27.3. The number of aryl methyl sites for hydroxylation is 2. The molecule has 2 aromatic rings. The van der Waals surface area contributed by atoms with E-state index in [9.17, 15) is 8.42 Å². The van der Waals surface area contributed by atoms with Gasteiger partial charge in [0.15, 0.2) is 0 Å². The molecule has 4 nitrogen and oxygen atoms in total. The maximum absolute atomic E-state index is 12.4. The van der Waals surface area contributed by atoms with Crippen LogP contribution in [0.25, 0.3) is 0 Å². The normalized spacial score (nSPS) is 11.3. The molecule has 0 bridgehead atoms. The molecule has 0 amide bonds. The van der Waals surface area contributed by atoms with Crippen molar-refractivity contribution in [2.24, 2.45) is 0 Å². The van der Waals surface area contributed by atoms with Crippen molar-refractivity contribution in [1.29, 1.82) is 0 Å². The van der Waals surface area contributed by atoms with Crippen LogP contribution in [-0.2, 0) is 10.0 Å². The second kappa shape index (κ2) is 5.34. The number of anilines is 2. The molecule has 0 aliphatic carbocycles. The molecule has 0 unspecified atom stereocenters. The molecule has 0 saturated carbocycles. The lowest BCUT2D eigenvalue weighted by Crippen LogP contribution is -2.14. The summed E-state index contributed by atoms with van der Waals surface area (Å²) in [7, 11) is -3.77. The molecule has 0 spiro atoms. The predicted octanol–water partition coefficient (Wildman–Crippen LogP) is 3.34. The first-order valence-electron chi connectivity index (χ1n) is 5.95. The van der Waals surface area contributed by atoms with Gasteiger partial charge in [0.2, 0.25) is 0 Å². The Bertz CT molecular complexity index is 758. The number of nitrogens with two attached hydrogens (primary N) is 1. The predicted molar refractivity (Wildman–Crippen MR) is 82.6 cm³/mol. The number of nitrogen functional groups attached to an aromatic ring is 1. The molecule has 2 rings (SSSR count). The second-order valence-electron chi connectivity index (χ2n) is 4.56. The van der Waals surface area contributed by atoms with Crippen LogP contribution in [-0.4, -0.2) is 8.42 Å². The molecule has 0 aliphatic rings. The molecule has 20 heavy (non-hydrogen) atoms. The molecule has 0 atom stereocenters. The van der Waals surface area contributed by atoms with Crippen molar-refractivity contribution in [3.63, 3.8) is 0 Å². The second-order valence-corrected chi connectivity index (χ2v) is 6.62. The summed E-state index contributed by atoms with van der Waals surface area (Å²) in [6.45, 7) is 3.59. The summed E-state index contributed by atoms with van der Waals surface area (Å²) in [4.78, 5) is -0.0227. The zero-order valence-electron chi connectivity index (χ0n) is 11.1. The van der Waals surface area contributed by atoms with E-state index >= 15 is 0 Å². The van der Waals surface area contributed by atoms with Gasteiger partial charge in [-0.1, -0.05) is 29.8 Å². The fourth-order valence-electron chi connectivity index (χ4n) is 1.76. The summed E-state index contributed by atoms with van der Waals surface area (Å²) in [5.41, 5.74) is 8.23. The van der Waals surface area contributed by atoms with Crippen molar-refractivity contribution in [3.05, 3.63) is 52.5 Å². The van der Waals surface area contributed by atoms with Gasteiger partial charge < -0.3 is 5.73 Å². The van der Waals surface area contributed by atoms with E-state index in [-0.39, 0.29) is 9.92 Å². The smallest absolute Gasteiger partial charge is 0.263 e. The van der Waals surface area contributed by atoms with Crippen LogP contribution in [0.2, 0.25) is 5.02 Å². The minimum atomic E-state index is -3.77. The monoisotopic (exact) mass is 310 g/mol. The third kappa shape index (κ3) is 2.89. The summed E-state index contributed by atoms with van der Waals surface area (Å²) in [6.07, 6.45) is 0. The molecule has 0 fully saturated rings. The lowest BCUT2D eigenvalue weighted by Gasteiger charge is -2.13. The molecule has 0 saturated heterocycles. The highest BCUT2D eigenvalue weighted by Crippen LogP contribution is 2.28. The lowest BCUT2D eigenvalue weighted by molar-refractivity contribution is 0.601. The van der Waals surface area contributed by atoms with E-state index in [1.165, 1.54) is 6.07 Å². The average molecular weight is 311 g/mol. The summed E-state index contributed by atoms with van der Waals surface area (Å²) in [5.74, 6) is 0. The van der Waals surface area contributed by atoms with Gasteiger partial charge in [-0.2, -0.15) is 0 Å². The fraction of sp³-hybridized carbons (Fsp3) is 0.143. The van der Waals surface area contributed by atoms with E-state index in [1.54, 1.807) is 25.1 Å². The van der Waals surface area contributed by atoms with Crippen LogP contribution in [0.15, 0.2) is 41.3 Å². The molecule has 2 aromatic carbocycles. The molecular weight excluding hydrogens is 296 g/mol. The van der Waals surface area contributed by atoms with Crippen LogP contribution in [0.1, 0.15) is 11.1 Å². The van der Waals surface area contributed by atoms with E-state index < -0.39 is 10.0 Å². The molecule has 0 radical (unpaired) electrons. The van der Waals surface area contributed by atoms with Gasteiger partial charge in [-0.3, -0.25) is 4.72 Å². The standard InChI is InChI=1S/C14H15ClN2O2S/c1-9-5-3-4-6-13(9)17-20(18,19)14-8-12(16)10(2)7-11(14)15/h3-8,17H,16H2,1-2H3. The van der Waals surface area contributed by atoms with E-state index in [1.807, 2.05) is 19.1 Å². The highest BCUT2D eigenvalue weighted by atomic mass is 35.5. The zero-order chi connectivity index (χ0) is 14.9. The first-order chi connectivity index (χ1) is 9.31. The highest BCUT2D eigenvalue weighted by molar-refractivity contribution is 7.92. The number of hydrogen-bond acceptors (Lipinski definition) is 3. The highest BCUT2D eigenvalue weighted by Gasteiger charge is 2.20. The van der Waals surface area contributed by atoms with E-state index in [2.05, 4.69) is 4.72 Å². The Kier molecular flexibility index (Phi) is 3.92. The number of halogens is 1. The third-order valence-corrected chi connectivity index (χ3v) is 4.83. The minimum Gasteiger partial charge on any atom is -0.398 e. The molecule has 0 aliphatic heterocycles. The Morgan fingerprint density at radius 3 is 2.40 bits per heavy atom. The van der Waals surface area contributed by atoms with Gasteiger partial charge in [-0.15, -0.1) is 0 Å². The Labute approximate surface area is 123 Å². The molecule has 6 heteroatoms. The molecule has 3 N–H and O–H groups in total. The largest absolute Gasteiger partial charge is 0.398 e. The van der Waals surface area contributed by atoms with Crippen LogP contribution in [0.5, 0.6) is 0 Å². The Hall–Kier alpha value is -1.72. The molecule has 0 heterocycles. The molecular formula is C14H15ClN2O2S. The summed E-state index contributed by atoms with van der Waals surface area (Å²) in [6, 6.07) is 10.0. The van der Waals surface area contributed by atoms with Crippen molar-refractivity contribution in [1.82, 2.24) is 0 Å².